The molecule has 2 unspecified atom stereocenters. The van der Waals surface area contributed by atoms with E-state index in [1.54, 1.807) is 0 Å². The number of nitrogens with one attached hydrogen (secondary N) is 2. The van der Waals surface area contributed by atoms with E-state index in [1.165, 1.54) is 19.3 Å². The molecule has 74 valence electrons. The molecule has 0 spiro atoms. The van der Waals surface area contributed by atoms with Crippen molar-refractivity contribution in [2.45, 2.75) is 51.2 Å². The summed E-state index contributed by atoms with van der Waals surface area (Å²) < 4.78 is 0. The monoisotopic (exact) mass is 182 g/mol. The average Bonchev–Trinajstić information content (AvgIpc) is 2.62. The van der Waals surface area contributed by atoms with Gasteiger partial charge in [-0.3, -0.25) is 4.79 Å². The number of piperidine rings is 1. The highest BCUT2D eigenvalue weighted by molar-refractivity contribution is 5.82. The molecule has 1 aliphatic carbocycles. The van der Waals surface area contributed by atoms with Crippen LogP contribution in [0.4, 0.5) is 0 Å². The largest absolute Gasteiger partial charge is 0.353 e. The fraction of sp³-hybridized carbons (Fsp3) is 0.900. The van der Waals surface area contributed by atoms with E-state index in [-0.39, 0.29) is 18.0 Å². The molecule has 1 saturated heterocycles. The van der Waals surface area contributed by atoms with Gasteiger partial charge in [0.05, 0.1) is 6.04 Å². The maximum absolute atomic E-state index is 11.7. The van der Waals surface area contributed by atoms with Gasteiger partial charge in [-0.15, -0.1) is 0 Å². The molecule has 3 nitrogen and oxygen atoms in total. The highest BCUT2D eigenvalue weighted by Crippen LogP contribution is 2.35. The first-order chi connectivity index (χ1) is 6.16. The molecule has 2 fully saturated rings. The molecular weight excluding hydrogens is 164 g/mol. The molecule has 0 radical (unpaired) electrons. The molecule has 2 rings (SSSR count). The number of rotatable bonds is 2. The van der Waals surface area contributed by atoms with Gasteiger partial charge in [-0.05, 0) is 39.0 Å². The third kappa shape index (κ3) is 1.70. The molecule has 0 aromatic heterocycles. The van der Waals surface area contributed by atoms with E-state index in [0.29, 0.717) is 12.0 Å². The Morgan fingerprint density at radius 1 is 1.46 bits per heavy atom. The first-order valence-corrected chi connectivity index (χ1v) is 5.23. The van der Waals surface area contributed by atoms with Crippen LogP contribution in [0.25, 0.3) is 0 Å². The van der Waals surface area contributed by atoms with Crippen molar-refractivity contribution in [1.82, 2.24) is 10.6 Å². The Labute approximate surface area is 79.3 Å². The molecule has 0 aromatic rings. The molecule has 1 amide bonds. The minimum Gasteiger partial charge on any atom is -0.353 e. The van der Waals surface area contributed by atoms with Crippen molar-refractivity contribution in [3.63, 3.8) is 0 Å². The summed E-state index contributed by atoms with van der Waals surface area (Å²) in [5.74, 6) is 0.797. The third-order valence-electron chi connectivity index (χ3n) is 3.07. The van der Waals surface area contributed by atoms with E-state index in [2.05, 4.69) is 10.6 Å². The summed E-state index contributed by atoms with van der Waals surface area (Å²) in [6.07, 6.45) is 3.69. The Hall–Kier alpha value is -0.570. The second-order valence-electron chi connectivity index (χ2n) is 4.58. The van der Waals surface area contributed by atoms with Crippen molar-refractivity contribution in [2.24, 2.45) is 5.92 Å². The third-order valence-corrected chi connectivity index (χ3v) is 3.07. The van der Waals surface area contributed by atoms with Gasteiger partial charge in [0.15, 0.2) is 0 Å². The van der Waals surface area contributed by atoms with Crippen molar-refractivity contribution >= 4 is 5.91 Å². The zero-order valence-electron chi connectivity index (χ0n) is 8.34. The van der Waals surface area contributed by atoms with Crippen LogP contribution < -0.4 is 10.6 Å². The van der Waals surface area contributed by atoms with Gasteiger partial charge in [-0.1, -0.05) is 0 Å². The predicted molar refractivity (Wildman–Crippen MR) is 51.3 cm³/mol. The number of amides is 1. The summed E-state index contributed by atoms with van der Waals surface area (Å²) in [6.45, 7) is 4.01. The molecule has 2 N–H and O–H groups in total. The van der Waals surface area contributed by atoms with Crippen LogP contribution in [0.2, 0.25) is 0 Å². The van der Waals surface area contributed by atoms with Crippen LogP contribution in [0.15, 0.2) is 0 Å². The predicted octanol–water partition coefficient (Wildman–Crippen LogP) is 0.651. The van der Waals surface area contributed by atoms with Crippen molar-refractivity contribution in [2.75, 3.05) is 0 Å². The summed E-state index contributed by atoms with van der Waals surface area (Å²) in [4.78, 5) is 11.7. The van der Waals surface area contributed by atoms with Crippen LogP contribution in [0.3, 0.4) is 0 Å². The minimum absolute atomic E-state index is 0.0983. The van der Waals surface area contributed by atoms with Crippen molar-refractivity contribution in [3.8, 4) is 0 Å². The molecule has 2 bridgehead atoms. The maximum atomic E-state index is 11.7. The van der Waals surface area contributed by atoms with Crippen LogP contribution in [0.5, 0.6) is 0 Å². The van der Waals surface area contributed by atoms with E-state index in [4.69, 9.17) is 0 Å². The molecule has 1 saturated carbocycles. The quantitative estimate of drug-likeness (QED) is 0.658. The maximum Gasteiger partial charge on any atom is 0.237 e. The molecule has 1 aliphatic heterocycles. The van der Waals surface area contributed by atoms with Crippen LogP contribution in [-0.4, -0.2) is 24.0 Å². The minimum atomic E-state index is 0.0983. The van der Waals surface area contributed by atoms with E-state index >= 15 is 0 Å². The summed E-state index contributed by atoms with van der Waals surface area (Å²) >= 11 is 0. The van der Waals surface area contributed by atoms with E-state index in [1.807, 2.05) is 13.8 Å². The SMILES string of the molecule is CC(C)NC(=O)[C@H]1NC2CCC1C2. The van der Waals surface area contributed by atoms with E-state index in [0.717, 1.165) is 0 Å². The first kappa shape index (κ1) is 9.00. The van der Waals surface area contributed by atoms with E-state index in [9.17, 15) is 4.79 Å². The standard InChI is InChI=1S/C10H18N2O/c1-6(2)11-10(13)9-7-3-4-8(5-7)12-9/h6-9,12H,3-5H2,1-2H3,(H,11,13)/t7?,8?,9-/m0/s1. The van der Waals surface area contributed by atoms with Gasteiger partial charge in [-0.2, -0.15) is 0 Å². The lowest BCUT2D eigenvalue weighted by Gasteiger charge is -2.23. The zero-order valence-corrected chi connectivity index (χ0v) is 8.34. The molecule has 3 heteroatoms. The Morgan fingerprint density at radius 2 is 2.23 bits per heavy atom. The molecule has 3 atom stereocenters. The van der Waals surface area contributed by atoms with Crippen LogP contribution in [0, 0.1) is 5.92 Å². The fourth-order valence-electron chi connectivity index (χ4n) is 2.52. The molecule has 13 heavy (non-hydrogen) atoms. The van der Waals surface area contributed by atoms with Gasteiger partial charge in [-0.25, -0.2) is 0 Å². The van der Waals surface area contributed by atoms with Gasteiger partial charge < -0.3 is 10.6 Å². The number of carbonyl (C=O) groups is 1. The van der Waals surface area contributed by atoms with Gasteiger partial charge in [0.1, 0.15) is 0 Å². The summed E-state index contributed by atoms with van der Waals surface area (Å²) in [7, 11) is 0. The van der Waals surface area contributed by atoms with Crippen LogP contribution >= 0.6 is 0 Å². The summed E-state index contributed by atoms with van der Waals surface area (Å²) in [5, 5.41) is 6.35. The Balaban J connectivity index is 1.91. The lowest BCUT2D eigenvalue weighted by atomic mass is 9.99. The fourth-order valence-corrected chi connectivity index (χ4v) is 2.52. The topological polar surface area (TPSA) is 41.1 Å². The number of hydrogen-bond donors (Lipinski definition) is 2. The van der Waals surface area contributed by atoms with Crippen molar-refractivity contribution < 1.29 is 4.79 Å². The average molecular weight is 182 g/mol. The number of carbonyl (C=O) groups excluding carboxylic acids is 1. The first-order valence-electron chi connectivity index (χ1n) is 5.23. The summed E-state index contributed by atoms with van der Waals surface area (Å²) in [6, 6.07) is 0.975. The van der Waals surface area contributed by atoms with Crippen LogP contribution in [-0.2, 0) is 4.79 Å². The van der Waals surface area contributed by atoms with Gasteiger partial charge in [0, 0.05) is 12.1 Å². The lowest BCUT2D eigenvalue weighted by Crippen LogP contribution is -2.49. The second-order valence-corrected chi connectivity index (χ2v) is 4.58. The van der Waals surface area contributed by atoms with Crippen molar-refractivity contribution in [3.05, 3.63) is 0 Å². The smallest absolute Gasteiger partial charge is 0.237 e. The molecule has 2 aliphatic rings. The molecule has 1 heterocycles. The highest BCUT2D eigenvalue weighted by atomic mass is 16.2. The van der Waals surface area contributed by atoms with Gasteiger partial charge in [0.25, 0.3) is 0 Å². The van der Waals surface area contributed by atoms with Gasteiger partial charge >= 0.3 is 0 Å². The second kappa shape index (κ2) is 3.29. The lowest BCUT2D eigenvalue weighted by molar-refractivity contribution is -0.124. The Bertz CT molecular complexity index is 215. The number of fused-ring (bicyclic) bond motifs is 2. The molecule has 0 aromatic carbocycles. The normalized spacial score (nSPS) is 37.0. The molecular formula is C10H18N2O. The Morgan fingerprint density at radius 3 is 2.69 bits per heavy atom. The summed E-state index contributed by atoms with van der Waals surface area (Å²) in [5.41, 5.74) is 0. The number of hydrogen-bond acceptors (Lipinski definition) is 2. The van der Waals surface area contributed by atoms with E-state index < -0.39 is 0 Å². The van der Waals surface area contributed by atoms with Crippen molar-refractivity contribution in [1.29, 1.82) is 0 Å². The zero-order chi connectivity index (χ0) is 9.42. The Kier molecular flexibility index (Phi) is 2.28. The van der Waals surface area contributed by atoms with Crippen LogP contribution in [0.1, 0.15) is 33.1 Å². The van der Waals surface area contributed by atoms with Gasteiger partial charge in [0.2, 0.25) is 5.91 Å². The highest BCUT2D eigenvalue weighted by Gasteiger charge is 2.42.